The highest BCUT2D eigenvalue weighted by atomic mass is 35.5. The van der Waals surface area contributed by atoms with Crippen LogP contribution in [-0.4, -0.2) is 17.4 Å². The number of pyridine rings is 1. The zero-order valence-corrected chi connectivity index (χ0v) is 13.1. The van der Waals surface area contributed by atoms with E-state index in [-0.39, 0.29) is 5.91 Å². The molecule has 0 unspecified atom stereocenters. The van der Waals surface area contributed by atoms with Crippen LogP contribution in [-0.2, 0) is 4.79 Å². The third-order valence-corrected chi connectivity index (χ3v) is 4.50. The molecule has 0 radical (unpaired) electrons. The minimum Gasteiger partial charge on any atom is -0.329 e. The summed E-state index contributed by atoms with van der Waals surface area (Å²) < 4.78 is 0. The summed E-state index contributed by atoms with van der Waals surface area (Å²) in [4.78, 5) is 16.9. The van der Waals surface area contributed by atoms with E-state index in [0.717, 1.165) is 5.39 Å². The van der Waals surface area contributed by atoms with Gasteiger partial charge in [-0.15, -0.1) is 0 Å². The smallest absolute Gasteiger partial charge is 0.231 e. The molecule has 0 aliphatic heterocycles. The van der Waals surface area contributed by atoms with Crippen LogP contribution in [0.4, 0.5) is 5.69 Å². The van der Waals surface area contributed by atoms with Crippen LogP contribution in [0, 0.1) is 5.41 Å². The minimum atomic E-state index is -0.534. The van der Waals surface area contributed by atoms with Crippen molar-refractivity contribution in [2.45, 2.75) is 26.7 Å². The number of rotatable bonds is 5. The summed E-state index contributed by atoms with van der Waals surface area (Å²) in [6, 6.07) is 7.27. The van der Waals surface area contributed by atoms with Gasteiger partial charge in [0.2, 0.25) is 5.91 Å². The van der Waals surface area contributed by atoms with E-state index in [1.54, 1.807) is 18.3 Å². The molecular formula is C16H20ClN3O. The van der Waals surface area contributed by atoms with Crippen molar-refractivity contribution in [2.75, 3.05) is 11.9 Å². The van der Waals surface area contributed by atoms with Gasteiger partial charge in [0, 0.05) is 18.1 Å². The second kappa shape index (κ2) is 6.41. The summed E-state index contributed by atoms with van der Waals surface area (Å²) in [5.74, 6) is -0.0533. The van der Waals surface area contributed by atoms with Crippen molar-refractivity contribution in [1.29, 1.82) is 0 Å². The number of carbonyl (C=O) groups excluding carboxylic acids is 1. The second-order valence-corrected chi connectivity index (χ2v) is 5.55. The lowest BCUT2D eigenvalue weighted by molar-refractivity contribution is -0.125. The molecule has 2 aromatic rings. The molecule has 112 valence electrons. The van der Waals surface area contributed by atoms with Crippen molar-refractivity contribution in [3.05, 3.63) is 35.5 Å². The van der Waals surface area contributed by atoms with Crippen molar-refractivity contribution in [3.63, 3.8) is 0 Å². The maximum Gasteiger partial charge on any atom is 0.231 e. The Morgan fingerprint density at radius 3 is 2.67 bits per heavy atom. The van der Waals surface area contributed by atoms with E-state index in [1.807, 2.05) is 26.0 Å². The maximum absolute atomic E-state index is 12.6. The number of anilines is 1. The van der Waals surface area contributed by atoms with Crippen molar-refractivity contribution in [2.24, 2.45) is 11.1 Å². The fourth-order valence-corrected chi connectivity index (χ4v) is 2.67. The van der Waals surface area contributed by atoms with E-state index in [0.29, 0.717) is 35.6 Å². The van der Waals surface area contributed by atoms with Crippen LogP contribution in [0.25, 0.3) is 10.9 Å². The third-order valence-electron chi connectivity index (χ3n) is 4.19. The van der Waals surface area contributed by atoms with E-state index in [1.165, 1.54) is 0 Å². The number of aromatic nitrogens is 1. The summed E-state index contributed by atoms with van der Waals surface area (Å²) >= 11 is 6.14. The van der Waals surface area contributed by atoms with Gasteiger partial charge in [-0.2, -0.15) is 0 Å². The number of nitrogens with zero attached hydrogens (tertiary/aromatic N) is 1. The monoisotopic (exact) mass is 305 g/mol. The molecule has 0 saturated carbocycles. The van der Waals surface area contributed by atoms with Gasteiger partial charge in [0.1, 0.15) is 0 Å². The zero-order valence-electron chi connectivity index (χ0n) is 12.3. The Bertz CT molecular complexity index is 645. The zero-order chi connectivity index (χ0) is 15.5. The Kier molecular flexibility index (Phi) is 4.80. The van der Waals surface area contributed by atoms with Crippen LogP contribution < -0.4 is 11.1 Å². The molecule has 0 saturated heterocycles. The average molecular weight is 306 g/mol. The maximum atomic E-state index is 12.6. The van der Waals surface area contributed by atoms with E-state index in [4.69, 9.17) is 17.3 Å². The number of halogens is 1. The molecular weight excluding hydrogens is 286 g/mol. The highest BCUT2D eigenvalue weighted by Crippen LogP contribution is 2.31. The number of carbonyl (C=O) groups is 1. The molecule has 1 heterocycles. The molecule has 0 atom stereocenters. The van der Waals surface area contributed by atoms with Crippen molar-refractivity contribution in [3.8, 4) is 0 Å². The summed E-state index contributed by atoms with van der Waals surface area (Å²) in [7, 11) is 0. The van der Waals surface area contributed by atoms with Crippen molar-refractivity contribution < 1.29 is 4.79 Å². The molecule has 0 fully saturated rings. The number of nitrogens with one attached hydrogen (secondary N) is 1. The van der Waals surface area contributed by atoms with Gasteiger partial charge >= 0.3 is 0 Å². The number of benzene rings is 1. The second-order valence-electron chi connectivity index (χ2n) is 5.14. The van der Waals surface area contributed by atoms with Gasteiger partial charge in [0.15, 0.2) is 0 Å². The van der Waals surface area contributed by atoms with Crippen LogP contribution in [0.15, 0.2) is 30.5 Å². The van der Waals surface area contributed by atoms with Crippen LogP contribution in [0.3, 0.4) is 0 Å². The van der Waals surface area contributed by atoms with Gasteiger partial charge in [-0.3, -0.25) is 9.78 Å². The quantitative estimate of drug-likeness (QED) is 0.887. The molecule has 0 aliphatic carbocycles. The summed E-state index contributed by atoms with van der Waals surface area (Å²) in [6.07, 6.45) is 3.09. The van der Waals surface area contributed by atoms with Gasteiger partial charge in [-0.1, -0.05) is 25.4 Å². The number of hydrogen-bond acceptors (Lipinski definition) is 3. The molecule has 0 aliphatic rings. The van der Waals surface area contributed by atoms with Gasteiger partial charge < -0.3 is 11.1 Å². The standard InChI is InChI=1S/C16H20ClN3O/c1-3-16(4-2,10-18)15(21)20-13-8-7-12(17)14-11(13)6-5-9-19-14/h5-9H,3-4,10,18H2,1-2H3,(H,20,21). The van der Waals surface area contributed by atoms with Gasteiger partial charge in [0.05, 0.1) is 21.6 Å². The van der Waals surface area contributed by atoms with Crippen LogP contribution in [0.1, 0.15) is 26.7 Å². The topological polar surface area (TPSA) is 68.0 Å². The molecule has 21 heavy (non-hydrogen) atoms. The molecule has 1 amide bonds. The Hall–Kier alpha value is -1.65. The summed E-state index contributed by atoms with van der Waals surface area (Å²) in [5.41, 5.74) is 6.69. The molecule has 1 aromatic heterocycles. The summed E-state index contributed by atoms with van der Waals surface area (Å²) in [6.45, 7) is 4.30. The lowest BCUT2D eigenvalue weighted by Crippen LogP contribution is -2.41. The van der Waals surface area contributed by atoms with E-state index in [9.17, 15) is 4.79 Å². The van der Waals surface area contributed by atoms with Gasteiger partial charge in [0.25, 0.3) is 0 Å². The number of hydrogen-bond donors (Lipinski definition) is 2. The third kappa shape index (κ3) is 2.87. The Labute approximate surface area is 129 Å². The molecule has 0 spiro atoms. The van der Waals surface area contributed by atoms with E-state index < -0.39 is 5.41 Å². The number of fused-ring (bicyclic) bond motifs is 1. The summed E-state index contributed by atoms with van der Waals surface area (Å²) in [5, 5.41) is 4.39. The first-order valence-electron chi connectivity index (χ1n) is 7.12. The molecule has 4 nitrogen and oxygen atoms in total. The highest BCUT2D eigenvalue weighted by molar-refractivity contribution is 6.35. The van der Waals surface area contributed by atoms with Crippen molar-refractivity contribution >= 4 is 34.1 Å². The number of nitrogens with two attached hydrogens (primary N) is 1. The lowest BCUT2D eigenvalue weighted by Gasteiger charge is -2.28. The molecule has 1 aromatic carbocycles. The van der Waals surface area contributed by atoms with E-state index in [2.05, 4.69) is 10.3 Å². The Balaban J connectivity index is 2.41. The minimum absolute atomic E-state index is 0.0533. The number of amides is 1. The van der Waals surface area contributed by atoms with Gasteiger partial charge in [-0.05, 0) is 37.1 Å². The fourth-order valence-electron chi connectivity index (χ4n) is 2.45. The first kappa shape index (κ1) is 15.7. The molecule has 3 N–H and O–H groups in total. The average Bonchev–Trinajstić information content (AvgIpc) is 2.53. The van der Waals surface area contributed by atoms with Gasteiger partial charge in [-0.25, -0.2) is 0 Å². The first-order chi connectivity index (χ1) is 10.1. The molecule has 0 bridgehead atoms. The predicted molar refractivity (Wildman–Crippen MR) is 87.5 cm³/mol. The lowest BCUT2D eigenvalue weighted by atomic mass is 9.81. The Morgan fingerprint density at radius 1 is 1.33 bits per heavy atom. The van der Waals surface area contributed by atoms with Crippen LogP contribution in [0.5, 0.6) is 0 Å². The highest BCUT2D eigenvalue weighted by Gasteiger charge is 2.33. The van der Waals surface area contributed by atoms with E-state index >= 15 is 0 Å². The normalized spacial score (nSPS) is 11.6. The van der Waals surface area contributed by atoms with Crippen LogP contribution in [0.2, 0.25) is 5.02 Å². The predicted octanol–water partition coefficient (Wildman–Crippen LogP) is 3.59. The largest absolute Gasteiger partial charge is 0.329 e. The fraction of sp³-hybridized carbons (Fsp3) is 0.375. The van der Waals surface area contributed by atoms with Crippen molar-refractivity contribution in [1.82, 2.24) is 4.98 Å². The first-order valence-corrected chi connectivity index (χ1v) is 7.50. The molecule has 2 rings (SSSR count). The SMILES string of the molecule is CCC(CC)(CN)C(=O)Nc1ccc(Cl)c2ncccc12. The van der Waals surface area contributed by atoms with Crippen LogP contribution >= 0.6 is 11.6 Å². The molecule has 5 heteroatoms. The Morgan fingerprint density at radius 2 is 2.05 bits per heavy atom.